The Morgan fingerprint density at radius 3 is 2.65 bits per heavy atom. The van der Waals surface area contributed by atoms with Gasteiger partial charge in [0.25, 0.3) is 0 Å². The number of aromatic nitrogens is 1. The molecule has 3 rings (SSSR count). The van der Waals surface area contributed by atoms with Crippen molar-refractivity contribution >= 4 is 46.7 Å². The topological polar surface area (TPSA) is 72.5 Å². The van der Waals surface area contributed by atoms with Gasteiger partial charge in [0.15, 0.2) is 5.96 Å². The van der Waals surface area contributed by atoms with Crippen molar-refractivity contribution in [1.82, 2.24) is 20.5 Å². The van der Waals surface area contributed by atoms with E-state index >= 15 is 0 Å². The highest BCUT2D eigenvalue weighted by Crippen LogP contribution is 2.19. The second-order valence-electron chi connectivity index (χ2n) is 7.00. The maximum atomic E-state index is 13.5. The molecule has 3 aromatic rings. The van der Waals surface area contributed by atoms with Crippen molar-refractivity contribution in [3.8, 4) is 0 Å². The molecule has 0 aliphatic heterocycles. The standard InChI is InChI=1S/C23H28FN5O.HI/c1-3-29(16-17-7-5-4-6-8-17)22(30)15-28-23(25-2)26-12-11-18-14-27-21-10-9-19(24)13-20(18)21;/h4-10,13-14,27H,3,11-12,15-16H2,1-2H3,(H2,25,26,28);1H. The van der Waals surface area contributed by atoms with Crippen LogP contribution < -0.4 is 10.6 Å². The summed E-state index contributed by atoms with van der Waals surface area (Å²) >= 11 is 0. The number of benzene rings is 2. The van der Waals surface area contributed by atoms with Gasteiger partial charge in [0.1, 0.15) is 5.82 Å². The molecule has 0 atom stereocenters. The fourth-order valence-electron chi connectivity index (χ4n) is 3.34. The number of hydrogen-bond donors (Lipinski definition) is 3. The smallest absolute Gasteiger partial charge is 0.242 e. The van der Waals surface area contributed by atoms with E-state index in [1.165, 1.54) is 6.07 Å². The first kappa shape index (κ1) is 24.6. The first-order valence-electron chi connectivity index (χ1n) is 10.1. The number of likely N-dealkylation sites (N-methyl/N-ethyl adjacent to an activating group) is 1. The summed E-state index contributed by atoms with van der Waals surface area (Å²) in [6.45, 7) is 3.97. The lowest BCUT2D eigenvalue weighted by atomic mass is 10.1. The number of carbonyl (C=O) groups excluding carboxylic acids is 1. The number of nitrogens with one attached hydrogen (secondary N) is 3. The molecule has 0 bridgehead atoms. The van der Waals surface area contributed by atoms with Gasteiger partial charge < -0.3 is 20.5 Å². The Hall–Kier alpha value is -2.62. The molecule has 0 radical (unpaired) electrons. The van der Waals surface area contributed by atoms with Crippen LogP contribution in [0.2, 0.25) is 0 Å². The molecule has 6 nitrogen and oxygen atoms in total. The van der Waals surface area contributed by atoms with Crippen molar-refractivity contribution < 1.29 is 9.18 Å². The number of carbonyl (C=O) groups is 1. The van der Waals surface area contributed by atoms with Crippen LogP contribution in [-0.4, -0.2) is 48.4 Å². The number of H-pyrrole nitrogens is 1. The van der Waals surface area contributed by atoms with E-state index in [9.17, 15) is 9.18 Å². The zero-order chi connectivity index (χ0) is 21.3. The minimum Gasteiger partial charge on any atom is -0.361 e. The van der Waals surface area contributed by atoms with Gasteiger partial charge in [0.2, 0.25) is 5.91 Å². The molecular weight excluding hydrogens is 508 g/mol. The molecular formula is C23H29FIN5O. The maximum absolute atomic E-state index is 13.5. The van der Waals surface area contributed by atoms with Gasteiger partial charge in [-0.1, -0.05) is 30.3 Å². The summed E-state index contributed by atoms with van der Waals surface area (Å²) in [5.74, 6) is 0.324. The van der Waals surface area contributed by atoms with Crippen LogP contribution in [0, 0.1) is 5.82 Å². The number of rotatable bonds is 8. The molecule has 0 saturated carbocycles. The van der Waals surface area contributed by atoms with Gasteiger partial charge in [-0.05, 0) is 42.7 Å². The number of aromatic amines is 1. The van der Waals surface area contributed by atoms with E-state index in [2.05, 4.69) is 20.6 Å². The lowest BCUT2D eigenvalue weighted by Gasteiger charge is -2.22. The second-order valence-corrected chi connectivity index (χ2v) is 7.00. The van der Waals surface area contributed by atoms with Crippen LogP contribution in [0.5, 0.6) is 0 Å². The molecule has 3 N–H and O–H groups in total. The third-order valence-electron chi connectivity index (χ3n) is 5.00. The van der Waals surface area contributed by atoms with Crippen LogP contribution >= 0.6 is 24.0 Å². The molecule has 0 unspecified atom stereocenters. The van der Waals surface area contributed by atoms with E-state index in [0.29, 0.717) is 32.0 Å². The fraction of sp³-hybridized carbons (Fsp3) is 0.304. The fourth-order valence-corrected chi connectivity index (χ4v) is 3.34. The first-order chi connectivity index (χ1) is 14.6. The molecule has 1 heterocycles. The Bertz CT molecular complexity index is 1010. The molecule has 1 amide bonds. The molecule has 0 spiro atoms. The third kappa shape index (κ3) is 6.95. The monoisotopic (exact) mass is 537 g/mol. The van der Waals surface area contributed by atoms with E-state index in [-0.39, 0.29) is 42.2 Å². The second kappa shape index (κ2) is 12.3. The predicted octanol–water partition coefficient (Wildman–Crippen LogP) is 3.68. The molecule has 8 heteroatoms. The van der Waals surface area contributed by atoms with Gasteiger partial charge in [0.05, 0.1) is 6.54 Å². The van der Waals surface area contributed by atoms with Crippen molar-refractivity contribution in [3.05, 3.63) is 71.7 Å². The Balaban J connectivity index is 0.00000341. The van der Waals surface area contributed by atoms with Gasteiger partial charge in [-0.25, -0.2) is 4.39 Å². The van der Waals surface area contributed by atoms with Gasteiger partial charge in [-0.2, -0.15) is 0 Å². The normalized spacial score (nSPS) is 11.1. The summed E-state index contributed by atoms with van der Waals surface area (Å²) in [7, 11) is 1.67. The third-order valence-corrected chi connectivity index (χ3v) is 5.00. The average Bonchev–Trinajstić information content (AvgIpc) is 3.16. The quantitative estimate of drug-likeness (QED) is 0.233. The zero-order valence-corrected chi connectivity index (χ0v) is 20.2. The molecule has 0 aliphatic carbocycles. The number of halogens is 2. The van der Waals surface area contributed by atoms with E-state index in [1.54, 1.807) is 24.1 Å². The molecule has 0 fully saturated rings. The van der Waals surface area contributed by atoms with Crippen molar-refractivity contribution in [1.29, 1.82) is 0 Å². The lowest BCUT2D eigenvalue weighted by molar-refractivity contribution is -0.130. The minimum atomic E-state index is -0.247. The van der Waals surface area contributed by atoms with Crippen LogP contribution in [-0.2, 0) is 17.8 Å². The van der Waals surface area contributed by atoms with Gasteiger partial charge in [0, 0.05) is 43.8 Å². The average molecular weight is 537 g/mol. The lowest BCUT2D eigenvalue weighted by Crippen LogP contribution is -2.44. The van der Waals surface area contributed by atoms with Crippen molar-refractivity contribution in [2.24, 2.45) is 4.99 Å². The Morgan fingerprint density at radius 1 is 1.16 bits per heavy atom. The number of nitrogens with zero attached hydrogens (tertiary/aromatic N) is 2. The number of hydrogen-bond acceptors (Lipinski definition) is 2. The summed E-state index contributed by atoms with van der Waals surface area (Å²) < 4.78 is 13.5. The predicted molar refractivity (Wildman–Crippen MR) is 134 cm³/mol. The van der Waals surface area contributed by atoms with Crippen LogP contribution in [0.3, 0.4) is 0 Å². The summed E-state index contributed by atoms with van der Waals surface area (Å²) in [4.78, 5) is 21.7. The molecule has 31 heavy (non-hydrogen) atoms. The van der Waals surface area contributed by atoms with E-state index in [4.69, 9.17) is 0 Å². The highest BCUT2D eigenvalue weighted by Gasteiger charge is 2.13. The minimum absolute atomic E-state index is 0. The SMILES string of the molecule is CCN(Cc1ccccc1)C(=O)CNC(=NC)NCCc1c[nH]c2ccc(F)cc12.I. The number of aliphatic imine (C=N–C) groups is 1. The Morgan fingerprint density at radius 2 is 1.94 bits per heavy atom. The number of guanidine groups is 1. The van der Waals surface area contributed by atoms with E-state index in [0.717, 1.165) is 22.0 Å². The highest BCUT2D eigenvalue weighted by molar-refractivity contribution is 14.0. The van der Waals surface area contributed by atoms with Gasteiger partial charge in [-0.15, -0.1) is 24.0 Å². The van der Waals surface area contributed by atoms with Crippen LogP contribution in [0.25, 0.3) is 10.9 Å². The summed E-state index contributed by atoms with van der Waals surface area (Å²) in [6, 6.07) is 14.7. The van der Waals surface area contributed by atoms with Crippen LogP contribution in [0.1, 0.15) is 18.1 Å². The van der Waals surface area contributed by atoms with Gasteiger partial charge >= 0.3 is 0 Å². The summed E-state index contributed by atoms with van der Waals surface area (Å²) in [6.07, 6.45) is 2.60. The van der Waals surface area contributed by atoms with Gasteiger partial charge in [-0.3, -0.25) is 9.79 Å². The van der Waals surface area contributed by atoms with Crippen molar-refractivity contribution in [2.45, 2.75) is 19.9 Å². The molecule has 0 saturated heterocycles. The highest BCUT2D eigenvalue weighted by atomic mass is 127. The molecule has 166 valence electrons. The Kier molecular flexibility index (Phi) is 9.77. The van der Waals surface area contributed by atoms with Crippen molar-refractivity contribution in [2.75, 3.05) is 26.7 Å². The Labute approximate surface area is 199 Å². The summed E-state index contributed by atoms with van der Waals surface area (Å²) in [5, 5.41) is 7.17. The largest absolute Gasteiger partial charge is 0.361 e. The van der Waals surface area contributed by atoms with E-state index < -0.39 is 0 Å². The van der Waals surface area contributed by atoms with Crippen LogP contribution in [0.4, 0.5) is 4.39 Å². The van der Waals surface area contributed by atoms with Crippen LogP contribution in [0.15, 0.2) is 59.7 Å². The number of fused-ring (bicyclic) bond motifs is 1. The van der Waals surface area contributed by atoms with Crippen molar-refractivity contribution in [3.63, 3.8) is 0 Å². The molecule has 1 aromatic heterocycles. The first-order valence-corrected chi connectivity index (χ1v) is 10.1. The molecule has 2 aromatic carbocycles. The number of amides is 1. The zero-order valence-electron chi connectivity index (χ0n) is 17.8. The van der Waals surface area contributed by atoms with E-state index in [1.807, 2.05) is 43.5 Å². The maximum Gasteiger partial charge on any atom is 0.242 e. The molecule has 0 aliphatic rings. The summed E-state index contributed by atoms with van der Waals surface area (Å²) in [5.41, 5.74) is 3.05.